The number of nitrogens with one attached hydrogen (secondary N) is 2. The first-order valence-electron chi connectivity index (χ1n) is 15.1. The van der Waals surface area contributed by atoms with Crippen molar-refractivity contribution in [3.05, 3.63) is 83.4 Å². The van der Waals surface area contributed by atoms with E-state index in [1.807, 2.05) is 35.2 Å². The van der Waals surface area contributed by atoms with Gasteiger partial charge in [-0.05, 0) is 79.8 Å². The van der Waals surface area contributed by atoms with Crippen LogP contribution in [0.3, 0.4) is 0 Å². The summed E-state index contributed by atoms with van der Waals surface area (Å²) in [6.07, 6.45) is 3.81. The Morgan fingerprint density at radius 1 is 0.795 bits per heavy atom. The van der Waals surface area contributed by atoms with Crippen molar-refractivity contribution in [2.24, 2.45) is 5.73 Å². The molecule has 0 radical (unpaired) electrons. The van der Waals surface area contributed by atoms with Crippen molar-refractivity contribution in [1.82, 2.24) is 10.2 Å². The number of nitrogens with two attached hydrogens (primary N) is 1. The molecule has 0 aromatic heterocycles. The first-order valence-corrected chi connectivity index (χ1v) is 15.1. The van der Waals surface area contributed by atoms with Crippen LogP contribution in [0.2, 0.25) is 0 Å². The second kappa shape index (κ2) is 14.3. The summed E-state index contributed by atoms with van der Waals surface area (Å²) in [6.45, 7) is 2.27. The Hall–Kier alpha value is -4.57. The fraction of sp³-hybridized carbons (Fsp3) is 0.382. The predicted molar refractivity (Wildman–Crippen MR) is 171 cm³/mol. The number of hydrogen-bond donors (Lipinski definition) is 3. The minimum absolute atomic E-state index is 0.0667. The molecular weight excluding hydrogens is 558 g/mol. The van der Waals surface area contributed by atoms with E-state index in [1.165, 1.54) is 0 Å². The van der Waals surface area contributed by atoms with Gasteiger partial charge >= 0.3 is 0 Å². The minimum atomic E-state index is -0.308. The summed E-state index contributed by atoms with van der Waals surface area (Å²) in [6, 6.07) is 20.1. The number of amides is 3. The van der Waals surface area contributed by atoms with Crippen LogP contribution >= 0.6 is 0 Å². The first-order chi connectivity index (χ1) is 21.3. The molecule has 0 spiro atoms. The number of piperazine rings is 1. The van der Waals surface area contributed by atoms with Crippen LogP contribution in [0, 0.1) is 0 Å². The van der Waals surface area contributed by atoms with Gasteiger partial charge in [0.15, 0.2) is 0 Å². The maximum Gasteiger partial charge on any atom is 0.255 e. The molecule has 5 rings (SSSR count). The van der Waals surface area contributed by atoms with Crippen molar-refractivity contribution in [2.75, 3.05) is 50.6 Å². The van der Waals surface area contributed by atoms with Crippen molar-refractivity contribution in [3.8, 4) is 11.5 Å². The number of hydrogen-bond acceptors (Lipinski definition) is 7. The van der Waals surface area contributed by atoms with Crippen molar-refractivity contribution in [3.63, 3.8) is 0 Å². The van der Waals surface area contributed by atoms with Crippen molar-refractivity contribution in [2.45, 2.75) is 44.2 Å². The monoisotopic (exact) mass is 599 g/mol. The summed E-state index contributed by atoms with van der Waals surface area (Å²) in [5.74, 6) is 0.914. The van der Waals surface area contributed by atoms with Gasteiger partial charge in [-0.3, -0.25) is 14.4 Å². The van der Waals surface area contributed by atoms with Crippen molar-refractivity contribution < 1.29 is 23.9 Å². The molecule has 10 heteroatoms. The summed E-state index contributed by atoms with van der Waals surface area (Å²) < 4.78 is 10.5. The number of methoxy groups -OCH3 is 2. The summed E-state index contributed by atoms with van der Waals surface area (Å²) in [7, 11) is 3.17. The number of nitrogens with zero attached hydrogens (tertiary/aromatic N) is 2. The molecule has 0 atom stereocenters. The topological polar surface area (TPSA) is 126 Å². The zero-order valence-electron chi connectivity index (χ0n) is 25.4. The Labute approximate surface area is 258 Å². The number of carbonyl (C=O) groups is 3. The molecule has 3 amide bonds. The van der Waals surface area contributed by atoms with Crippen LogP contribution in [0.25, 0.3) is 0 Å². The SMILES string of the molecule is COc1ccc(CC(=O)N2CCN(c3ccc(C(=O)NC4CCC(N)CC4)cc3NC(=O)c3cccc(OC)c3)CC2)cc1. The number of carbonyl (C=O) groups excluding carboxylic acids is 3. The molecule has 1 saturated heterocycles. The number of benzene rings is 3. The number of anilines is 2. The smallest absolute Gasteiger partial charge is 0.255 e. The van der Waals surface area contributed by atoms with Crippen molar-refractivity contribution >= 4 is 29.1 Å². The largest absolute Gasteiger partial charge is 0.497 e. The van der Waals surface area contributed by atoms with Gasteiger partial charge in [0.25, 0.3) is 11.8 Å². The van der Waals surface area contributed by atoms with Gasteiger partial charge in [-0.25, -0.2) is 0 Å². The highest BCUT2D eigenvalue weighted by Crippen LogP contribution is 2.30. The van der Waals surface area contributed by atoms with E-state index >= 15 is 0 Å². The Bertz CT molecular complexity index is 1460. The highest BCUT2D eigenvalue weighted by molar-refractivity contribution is 6.07. The fourth-order valence-electron chi connectivity index (χ4n) is 5.77. The second-order valence-corrected chi connectivity index (χ2v) is 11.4. The highest BCUT2D eigenvalue weighted by atomic mass is 16.5. The summed E-state index contributed by atoms with van der Waals surface area (Å²) >= 11 is 0. The van der Waals surface area contributed by atoms with E-state index in [1.54, 1.807) is 50.6 Å². The Morgan fingerprint density at radius 2 is 1.48 bits per heavy atom. The van der Waals surface area contributed by atoms with Gasteiger partial charge in [0, 0.05) is 49.4 Å². The molecule has 1 aliphatic carbocycles. The Morgan fingerprint density at radius 3 is 2.16 bits per heavy atom. The molecule has 1 aliphatic heterocycles. The van der Waals surface area contributed by atoms with E-state index in [0.29, 0.717) is 55.2 Å². The van der Waals surface area contributed by atoms with Gasteiger partial charge in [0.1, 0.15) is 11.5 Å². The highest BCUT2D eigenvalue weighted by Gasteiger charge is 2.25. The molecule has 2 fully saturated rings. The van der Waals surface area contributed by atoms with Crippen LogP contribution in [0.1, 0.15) is 52.0 Å². The normalized spacial score (nSPS) is 18.3. The molecule has 232 valence electrons. The molecule has 1 heterocycles. The lowest BCUT2D eigenvalue weighted by molar-refractivity contribution is -0.130. The molecule has 2 aliphatic rings. The lowest BCUT2D eigenvalue weighted by Gasteiger charge is -2.37. The van der Waals surface area contributed by atoms with Gasteiger partial charge < -0.3 is 35.6 Å². The van der Waals surface area contributed by atoms with E-state index in [-0.39, 0.29) is 29.8 Å². The van der Waals surface area contributed by atoms with Crippen LogP contribution in [-0.4, -0.2) is 75.1 Å². The van der Waals surface area contributed by atoms with Crippen LogP contribution in [-0.2, 0) is 11.2 Å². The summed E-state index contributed by atoms with van der Waals surface area (Å²) in [4.78, 5) is 43.6. The third-order valence-corrected chi connectivity index (χ3v) is 8.43. The third kappa shape index (κ3) is 7.68. The molecular formula is C34H41N5O5. The molecule has 3 aromatic carbocycles. The van der Waals surface area contributed by atoms with Gasteiger partial charge in [-0.2, -0.15) is 0 Å². The zero-order valence-corrected chi connectivity index (χ0v) is 25.4. The number of rotatable bonds is 9. The maximum absolute atomic E-state index is 13.3. The zero-order chi connectivity index (χ0) is 31.1. The summed E-state index contributed by atoms with van der Waals surface area (Å²) in [5, 5.41) is 6.17. The molecule has 3 aromatic rings. The van der Waals surface area contributed by atoms with Crippen LogP contribution in [0.4, 0.5) is 11.4 Å². The molecule has 0 unspecified atom stereocenters. The number of ether oxygens (including phenoxy) is 2. The van der Waals surface area contributed by atoms with Crippen LogP contribution in [0.15, 0.2) is 66.7 Å². The average molecular weight is 600 g/mol. The standard InChI is InChI=1S/C34H41N5O5/c1-43-28-13-6-23(7-14-28)20-32(40)39-18-16-38(17-19-39)31-15-8-25(33(41)36-27-11-9-26(35)10-12-27)22-30(31)37-34(42)24-4-3-5-29(21-24)44-2/h3-8,13-15,21-22,26-27H,9-12,16-20,35H2,1-2H3,(H,36,41)(H,37,42). The van der Waals surface area contributed by atoms with Crippen molar-refractivity contribution in [1.29, 1.82) is 0 Å². The molecule has 0 bridgehead atoms. The predicted octanol–water partition coefficient (Wildman–Crippen LogP) is 3.85. The average Bonchev–Trinajstić information content (AvgIpc) is 3.06. The lowest BCUT2D eigenvalue weighted by atomic mass is 9.91. The van der Waals surface area contributed by atoms with E-state index in [0.717, 1.165) is 42.7 Å². The Kier molecular flexibility index (Phi) is 10.0. The molecule has 44 heavy (non-hydrogen) atoms. The Balaban J connectivity index is 1.30. The van der Waals surface area contributed by atoms with Gasteiger partial charge in [-0.15, -0.1) is 0 Å². The fourth-order valence-corrected chi connectivity index (χ4v) is 5.77. The van der Waals surface area contributed by atoms with E-state index in [9.17, 15) is 14.4 Å². The molecule has 10 nitrogen and oxygen atoms in total. The first kappa shape index (κ1) is 30.9. The van der Waals surface area contributed by atoms with Gasteiger partial charge in [0.2, 0.25) is 5.91 Å². The lowest BCUT2D eigenvalue weighted by Crippen LogP contribution is -2.49. The van der Waals surface area contributed by atoms with Gasteiger partial charge in [0.05, 0.1) is 32.0 Å². The minimum Gasteiger partial charge on any atom is -0.497 e. The maximum atomic E-state index is 13.3. The van der Waals surface area contributed by atoms with Gasteiger partial charge in [-0.1, -0.05) is 18.2 Å². The summed E-state index contributed by atoms with van der Waals surface area (Å²) in [5.41, 5.74) is 9.22. The van der Waals surface area contributed by atoms with E-state index in [2.05, 4.69) is 15.5 Å². The molecule has 4 N–H and O–H groups in total. The van der Waals surface area contributed by atoms with Crippen LogP contribution < -0.4 is 30.7 Å². The molecule has 1 saturated carbocycles. The van der Waals surface area contributed by atoms with E-state index < -0.39 is 0 Å². The third-order valence-electron chi connectivity index (χ3n) is 8.43. The quantitative estimate of drug-likeness (QED) is 0.341. The van der Waals surface area contributed by atoms with Crippen LogP contribution in [0.5, 0.6) is 11.5 Å². The second-order valence-electron chi connectivity index (χ2n) is 11.4. The van der Waals surface area contributed by atoms with E-state index in [4.69, 9.17) is 15.2 Å².